The third-order valence-corrected chi connectivity index (χ3v) is 6.95. The Labute approximate surface area is 221 Å². The highest BCUT2D eigenvalue weighted by atomic mass is 35.5. The van der Waals surface area contributed by atoms with Crippen LogP contribution in [0.1, 0.15) is 41.8 Å². The summed E-state index contributed by atoms with van der Waals surface area (Å²) in [5.41, 5.74) is 4.33. The maximum absolute atomic E-state index is 12.8. The van der Waals surface area contributed by atoms with Crippen LogP contribution in [0.15, 0.2) is 82.8 Å². The molecule has 0 heterocycles. The van der Waals surface area contributed by atoms with Gasteiger partial charge >= 0.3 is 5.97 Å². The maximum Gasteiger partial charge on any atom is 0.343 e. The monoisotopic (exact) mass is 541 g/mol. The van der Waals surface area contributed by atoms with Crippen LogP contribution in [0.4, 0.5) is 0 Å². The summed E-state index contributed by atoms with van der Waals surface area (Å²) in [4.78, 5) is 25.0. The minimum atomic E-state index is -3.89. The van der Waals surface area contributed by atoms with E-state index in [0.29, 0.717) is 28.3 Å². The van der Waals surface area contributed by atoms with Crippen molar-refractivity contribution in [2.24, 2.45) is 11.0 Å². The summed E-state index contributed by atoms with van der Waals surface area (Å²) in [6.07, 6.45) is 1.70. The van der Waals surface area contributed by atoms with Crippen LogP contribution in [0.3, 0.4) is 0 Å². The first kappa shape index (κ1) is 28.0. The number of hydrogen-bond acceptors (Lipinski definition) is 6. The van der Waals surface area contributed by atoms with Gasteiger partial charge in [-0.05, 0) is 85.5 Å². The fourth-order valence-electron chi connectivity index (χ4n) is 3.28. The molecule has 1 amide bonds. The number of ether oxygens (including phenoxy) is 1. The van der Waals surface area contributed by atoms with E-state index in [-0.39, 0.29) is 10.8 Å². The topological polar surface area (TPSA) is 114 Å². The van der Waals surface area contributed by atoms with Gasteiger partial charge in [-0.25, -0.2) is 18.6 Å². The largest absolute Gasteiger partial charge is 0.423 e. The second kappa shape index (κ2) is 12.6. The second-order valence-corrected chi connectivity index (χ2v) is 11.0. The van der Waals surface area contributed by atoms with E-state index < -0.39 is 27.9 Å². The molecule has 0 saturated heterocycles. The molecular formula is C27H28ClN3O5S. The molecule has 0 unspecified atom stereocenters. The highest BCUT2D eigenvalue weighted by Crippen LogP contribution is 2.16. The lowest BCUT2D eigenvalue weighted by molar-refractivity contribution is -0.123. The number of nitrogens with zero attached hydrogens (tertiary/aromatic N) is 1. The number of sulfonamides is 1. The summed E-state index contributed by atoms with van der Waals surface area (Å²) in [5, 5.41) is 4.47. The number of carbonyl (C=O) groups is 2. The molecule has 2 N–H and O–H groups in total. The Hall–Kier alpha value is -3.53. The van der Waals surface area contributed by atoms with Gasteiger partial charge in [0.25, 0.3) is 5.91 Å². The standard InChI is InChI=1S/C27H28ClN3O5S/c1-18(2)16-25(31-37(34,35)24-14-4-19(3)5-15-24)26(32)30-29-17-20-6-12-23(13-7-20)36-27(33)21-8-10-22(28)11-9-21/h4-15,17-18,25,31H,16H2,1-3H3,(H,30,32)/b29-17-/t25-/m1/s1. The molecule has 0 aromatic heterocycles. The van der Waals surface area contributed by atoms with E-state index in [1.165, 1.54) is 18.3 Å². The molecular weight excluding hydrogens is 514 g/mol. The van der Waals surface area contributed by atoms with Gasteiger partial charge in [-0.2, -0.15) is 9.82 Å². The van der Waals surface area contributed by atoms with Crippen LogP contribution >= 0.6 is 11.6 Å². The van der Waals surface area contributed by atoms with E-state index in [1.807, 2.05) is 20.8 Å². The number of nitrogens with one attached hydrogen (secondary N) is 2. The van der Waals surface area contributed by atoms with Crippen molar-refractivity contribution < 1.29 is 22.7 Å². The second-order valence-electron chi connectivity index (χ2n) is 8.82. The van der Waals surface area contributed by atoms with Crippen molar-refractivity contribution in [1.29, 1.82) is 0 Å². The third kappa shape index (κ3) is 8.52. The molecule has 0 bridgehead atoms. The summed E-state index contributed by atoms with van der Waals surface area (Å²) in [7, 11) is -3.89. The fourth-order valence-corrected chi connectivity index (χ4v) is 4.61. The van der Waals surface area contributed by atoms with Crippen LogP contribution in [0.25, 0.3) is 0 Å². The molecule has 0 aliphatic carbocycles. The first-order valence-corrected chi connectivity index (χ1v) is 13.4. The lowest BCUT2D eigenvalue weighted by Gasteiger charge is -2.19. The molecule has 0 fully saturated rings. The van der Waals surface area contributed by atoms with Gasteiger partial charge in [-0.3, -0.25) is 4.79 Å². The van der Waals surface area contributed by atoms with E-state index in [2.05, 4.69) is 15.2 Å². The number of benzene rings is 3. The van der Waals surface area contributed by atoms with E-state index in [1.54, 1.807) is 60.7 Å². The first-order chi connectivity index (χ1) is 17.5. The molecule has 3 rings (SSSR count). The average Bonchev–Trinajstić information content (AvgIpc) is 2.85. The van der Waals surface area contributed by atoms with Gasteiger partial charge in [0.1, 0.15) is 11.8 Å². The number of aryl methyl sites for hydroxylation is 1. The van der Waals surface area contributed by atoms with Crippen molar-refractivity contribution in [3.63, 3.8) is 0 Å². The van der Waals surface area contributed by atoms with Gasteiger partial charge in [0.05, 0.1) is 16.7 Å². The predicted molar refractivity (Wildman–Crippen MR) is 143 cm³/mol. The van der Waals surface area contributed by atoms with Crippen LogP contribution in [-0.2, 0) is 14.8 Å². The number of hydrazone groups is 1. The fraction of sp³-hybridized carbons (Fsp3) is 0.222. The van der Waals surface area contributed by atoms with Gasteiger partial charge in [-0.1, -0.05) is 43.1 Å². The molecule has 10 heteroatoms. The van der Waals surface area contributed by atoms with Crippen molar-refractivity contribution in [3.8, 4) is 5.75 Å². The summed E-state index contributed by atoms with van der Waals surface area (Å²) >= 11 is 5.83. The predicted octanol–water partition coefficient (Wildman–Crippen LogP) is 4.71. The lowest BCUT2D eigenvalue weighted by atomic mass is 10.0. The smallest absolute Gasteiger partial charge is 0.343 e. The average molecular weight is 542 g/mol. The summed E-state index contributed by atoms with van der Waals surface area (Å²) in [5.74, 6) is -0.698. The van der Waals surface area contributed by atoms with E-state index in [4.69, 9.17) is 16.3 Å². The van der Waals surface area contributed by atoms with E-state index in [0.717, 1.165) is 5.56 Å². The summed E-state index contributed by atoms with van der Waals surface area (Å²) in [6, 6.07) is 18.2. The Morgan fingerprint density at radius 3 is 2.19 bits per heavy atom. The van der Waals surface area contributed by atoms with Crippen LogP contribution in [0.5, 0.6) is 5.75 Å². The van der Waals surface area contributed by atoms with Crippen LogP contribution in [0, 0.1) is 12.8 Å². The Morgan fingerprint density at radius 2 is 1.59 bits per heavy atom. The van der Waals surface area contributed by atoms with Gasteiger partial charge in [-0.15, -0.1) is 0 Å². The maximum atomic E-state index is 12.8. The minimum absolute atomic E-state index is 0.0589. The molecule has 194 valence electrons. The van der Waals surface area contributed by atoms with Gasteiger partial charge in [0.2, 0.25) is 10.0 Å². The first-order valence-electron chi connectivity index (χ1n) is 11.5. The van der Waals surface area contributed by atoms with Crippen molar-refractivity contribution in [2.45, 2.75) is 38.1 Å². The number of carbonyl (C=O) groups excluding carboxylic acids is 2. The highest BCUT2D eigenvalue weighted by Gasteiger charge is 2.26. The zero-order valence-electron chi connectivity index (χ0n) is 20.6. The Morgan fingerprint density at radius 1 is 0.973 bits per heavy atom. The number of amides is 1. The van der Waals surface area contributed by atoms with Gasteiger partial charge in [0.15, 0.2) is 0 Å². The van der Waals surface area contributed by atoms with Crippen molar-refractivity contribution in [1.82, 2.24) is 10.1 Å². The van der Waals surface area contributed by atoms with Crippen LogP contribution in [-0.4, -0.2) is 32.6 Å². The molecule has 0 saturated carbocycles. The number of hydrogen-bond donors (Lipinski definition) is 2. The highest BCUT2D eigenvalue weighted by molar-refractivity contribution is 7.89. The Bertz CT molecular complexity index is 1350. The molecule has 3 aromatic carbocycles. The van der Waals surface area contributed by atoms with Crippen LogP contribution in [0.2, 0.25) is 5.02 Å². The quantitative estimate of drug-likeness (QED) is 0.167. The normalized spacial score (nSPS) is 12.5. The minimum Gasteiger partial charge on any atom is -0.423 e. The molecule has 0 aliphatic rings. The molecule has 0 radical (unpaired) electrons. The molecule has 1 atom stereocenters. The Kier molecular flexibility index (Phi) is 9.57. The molecule has 0 aliphatic heterocycles. The molecule has 8 nitrogen and oxygen atoms in total. The molecule has 37 heavy (non-hydrogen) atoms. The van der Waals surface area contributed by atoms with Crippen molar-refractivity contribution in [3.05, 3.63) is 94.5 Å². The third-order valence-electron chi connectivity index (χ3n) is 5.21. The summed E-state index contributed by atoms with van der Waals surface area (Å²) < 4.78 is 33.4. The SMILES string of the molecule is Cc1ccc(S(=O)(=O)N[C@H](CC(C)C)C(=O)N/N=C\c2ccc(OC(=O)c3ccc(Cl)cc3)cc2)cc1. The van der Waals surface area contributed by atoms with Crippen molar-refractivity contribution >= 4 is 39.7 Å². The van der Waals surface area contributed by atoms with Gasteiger partial charge < -0.3 is 4.74 Å². The van der Waals surface area contributed by atoms with E-state index >= 15 is 0 Å². The Balaban J connectivity index is 1.60. The summed E-state index contributed by atoms with van der Waals surface area (Å²) in [6.45, 7) is 5.65. The number of halogens is 1. The lowest BCUT2D eigenvalue weighted by Crippen LogP contribution is -2.46. The van der Waals surface area contributed by atoms with Crippen LogP contribution < -0.4 is 14.9 Å². The molecule has 3 aromatic rings. The van der Waals surface area contributed by atoms with Gasteiger partial charge in [0, 0.05) is 5.02 Å². The molecule has 0 spiro atoms. The van der Waals surface area contributed by atoms with Crippen molar-refractivity contribution in [2.75, 3.05) is 0 Å². The number of esters is 1. The number of rotatable bonds is 10. The zero-order chi connectivity index (χ0) is 27.0. The zero-order valence-corrected chi connectivity index (χ0v) is 22.2. The van der Waals surface area contributed by atoms with E-state index in [9.17, 15) is 18.0 Å².